The van der Waals surface area contributed by atoms with Crippen molar-refractivity contribution in [2.45, 2.75) is 65.8 Å². The quantitative estimate of drug-likeness (QED) is 0.0584. The highest BCUT2D eigenvalue weighted by molar-refractivity contribution is 5.74. The van der Waals surface area contributed by atoms with E-state index in [9.17, 15) is 9.59 Å². The molecule has 0 aliphatic carbocycles. The third-order valence-electron chi connectivity index (χ3n) is 10.9. The molecule has 4 amide bonds. The van der Waals surface area contributed by atoms with Crippen LogP contribution in [0.2, 0.25) is 0 Å². The fraction of sp³-hybridized carbons (Fsp3) is 0.522. The van der Waals surface area contributed by atoms with Crippen LogP contribution in [0.5, 0.6) is 11.8 Å². The first-order chi connectivity index (χ1) is 31.2. The van der Waals surface area contributed by atoms with E-state index in [1.54, 1.807) is 13.8 Å². The summed E-state index contributed by atoms with van der Waals surface area (Å²) in [7, 11) is 0. The molecule has 18 nitrogen and oxygen atoms in total. The molecule has 4 aromatic rings. The zero-order chi connectivity index (χ0) is 44.9. The number of aryl methyl sites for hydroxylation is 2. The van der Waals surface area contributed by atoms with E-state index in [0.717, 1.165) is 89.7 Å². The molecule has 2 unspecified atom stereocenters. The van der Waals surface area contributed by atoms with E-state index in [2.05, 4.69) is 124 Å². The standard InChI is InChI=1S/C46H66N12O6/c1-35-11-9-13-39(33-35)55-21-25-57(26-22-55)41-15-17-43(53-51-41)63-31-29-61-37(3)49-45(59)47-19-7-5-6-8-20-48-46(60)50-38(4)62-30-32-64-44-18-16-42(52-54-44)58-27-23-56(24-28-58)40-14-10-12-36(2)34-40/h9-18,33-34,37-38H,5-8,19-32H2,1-4H3,(H2,47,49,59)(H2,48,50,60). The number of carbonyl (C=O) groups is 2. The number of amides is 4. The summed E-state index contributed by atoms with van der Waals surface area (Å²) in [5, 5.41) is 28.5. The highest BCUT2D eigenvalue weighted by atomic mass is 16.5. The average molecular weight is 883 g/mol. The molecule has 18 heteroatoms. The van der Waals surface area contributed by atoms with Gasteiger partial charge in [-0.3, -0.25) is 0 Å². The van der Waals surface area contributed by atoms with E-state index in [1.165, 1.54) is 22.5 Å². The van der Waals surface area contributed by atoms with Crippen LogP contribution >= 0.6 is 0 Å². The Bertz CT molecular complexity index is 1850. The molecule has 4 N–H and O–H groups in total. The first kappa shape index (κ1) is 47.3. The molecular weight excluding hydrogens is 817 g/mol. The van der Waals surface area contributed by atoms with Crippen molar-refractivity contribution in [3.05, 3.63) is 83.9 Å². The van der Waals surface area contributed by atoms with Gasteiger partial charge in [0, 0.05) is 89.0 Å². The zero-order valence-electron chi connectivity index (χ0n) is 37.8. The van der Waals surface area contributed by atoms with Crippen LogP contribution in [0.15, 0.2) is 72.8 Å². The van der Waals surface area contributed by atoms with Gasteiger partial charge in [-0.25, -0.2) is 9.59 Å². The number of hydrogen-bond acceptors (Lipinski definition) is 14. The third kappa shape index (κ3) is 15.9. The Morgan fingerprint density at radius 1 is 0.531 bits per heavy atom. The van der Waals surface area contributed by atoms with Gasteiger partial charge in [0.05, 0.1) is 13.2 Å². The normalized spacial score (nSPS) is 15.0. The lowest BCUT2D eigenvalue weighted by Gasteiger charge is -2.36. The van der Waals surface area contributed by atoms with E-state index >= 15 is 0 Å². The van der Waals surface area contributed by atoms with Gasteiger partial charge in [-0.05, 0) is 88.1 Å². The summed E-state index contributed by atoms with van der Waals surface area (Å²) in [4.78, 5) is 33.8. The molecule has 64 heavy (non-hydrogen) atoms. The third-order valence-corrected chi connectivity index (χ3v) is 10.9. The lowest BCUT2D eigenvalue weighted by Crippen LogP contribution is -2.46. The van der Waals surface area contributed by atoms with Gasteiger partial charge in [-0.15, -0.1) is 20.4 Å². The molecule has 2 fully saturated rings. The van der Waals surface area contributed by atoms with Crippen LogP contribution in [0.1, 0.15) is 50.7 Å². The first-order valence-electron chi connectivity index (χ1n) is 22.6. The number of ether oxygens (including phenoxy) is 4. The summed E-state index contributed by atoms with van der Waals surface area (Å²) >= 11 is 0. The Hall–Kier alpha value is -6.14. The Balaban J connectivity index is 0.706. The molecule has 2 aromatic carbocycles. The second-order valence-corrected chi connectivity index (χ2v) is 16.0. The van der Waals surface area contributed by atoms with Gasteiger partial charge in [0.1, 0.15) is 25.7 Å². The Morgan fingerprint density at radius 2 is 0.938 bits per heavy atom. The number of carbonyl (C=O) groups excluding carboxylic acids is 2. The smallest absolute Gasteiger partial charge is 0.316 e. The molecular formula is C46H66N12O6. The number of aromatic nitrogens is 4. The van der Waals surface area contributed by atoms with Crippen molar-refractivity contribution >= 4 is 35.1 Å². The van der Waals surface area contributed by atoms with Gasteiger partial charge in [0.25, 0.3) is 0 Å². The largest absolute Gasteiger partial charge is 0.474 e. The summed E-state index contributed by atoms with van der Waals surface area (Å²) in [5.74, 6) is 2.51. The van der Waals surface area contributed by atoms with E-state index in [0.29, 0.717) is 24.8 Å². The topological polar surface area (TPSA) is 184 Å². The van der Waals surface area contributed by atoms with Crippen molar-refractivity contribution in [1.82, 2.24) is 41.7 Å². The summed E-state index contributed by atoms with van der Waals surface area (Å²) in [6.45, 7) is 17.1. The van der Waals surface area contributed by atoms with Gasteiger partial charge in [-0.2, -0.15) is 0 Å². The molecule has 6 rings (SSSR count). The lowest BCUT2D eigenvalue weighted by atomic mass is 10.2. The second-order valence-electron chi connectivity index (χ2n) is 16.0. The van der Waals surface area contributed by atoms with Crippen LogP contribution < -0.4 is 50.3 Å². The van der Waals surface area contributed by atoms with Gasteiger partial charge >= 0.3 is 12.1 Å². The summed E-state index contributed by atoms with van der Waals surface area (Å²) in [6, 6.07) is 24.1. The minimum Gasteiger partial charge on any atom is -0.474 e. The van der Waals surface area contributed by atoms with Crippen LogP contribution in [0.3, 0.4) is 0 Å². The monoisotopic (exact) mass is 883 g/mol. The summed E-state index contributed by atoms with van der Waals surface area (Å²) in [5.41, 5.74) is 5.04. The molecule has 0 spiro atoms. The Labute approximate surface area is 377 Å². The molecule has 0 bridgehead atoms. The molecule has 0 saturated carbocycles. The van der Waals surface area contributed by atoms with Crippen molar-refractivity contribution in [1.29, 1.82) is 0 Å². The number of nitrogens with zero attached hydrogens (tertiary/aromatic N) is 8. The van der Waals surface area contributed by atoms with Gasteiger partial charge in [0.15, 0.2) is 11.6 Å². The molecule has 2 aliphatic rings. The lowest BCUT2D eigenvalue weighted by molar-refractivity contribution is 0.0302. The average Bonchev–Trinajstić information content (AvgIpc) is 3.30. The van der Waals surface area contributed by atoms with Crippen LogP contribution in [-0.4, -0.2) is 137 Å². The maximum atomic E-state index is 12.3. The fourth-order valence-electron chi connectivity index (χ4n) is 7.46. The number of nitrogens with one attached hydrogen (secondary N) is 4. The number of rotatable bonds is 23. The van der Waals surface area contributed by atoms with Crippen molar-refractivity contribution in [2.24, 2.45) is 0 Å². The van der Waals surface area contributed by atoms with Gasteiger partial charge < -0.3 is 59.8 Å². The SMILES string of the molecule is Cc1cccc(N2CCN(c3ccc(OCCOC(C)NC(=O)NCCCCCCNC(=O)NC(C)OCCOc4ccc(N5CCN(c6cccc(C)c6)CC5)nn4)nn3)CC2)c1. The number of unbranched alkanes of at least 4 members (excludes halogenated alkanes) is 3. The minimum atomic E-state index is -0.491. The molecule has 2 aliphatic heterocycles. The van der Waals surface area contributed by atoms with E-state index in [1.807, 2.05) is 24.3 Å². The van der Waals surface area contributed by atoms with E-state index in [4.69, 9.17) is 18.9 Å². The van der Waals surface area contributed by atoms with Crippen molar-refractivity contribution in [2.75, 3.05) is 111 Å². The zero-order valence-corrected chi connectivity index (χ0v) is 37.8. The van der Waals surface area contributed by atoms with E-state index in [-0.39, 0.29) is 38.5 Å². The van der Waals surface area contributed by atoms with Crippen molar-refractivity contribution in [3.8, 4) is 11.8 Å². The maximum Gasteiger partial charge on any atom is 0.316 e. The molecule has 2 aromatic heterocycles. The highest BCUT2D eigenvalue weighted by Gasteiger charge is 2.21. The Morgan fingerprint density at radius 3 is 1.31 bits per heavy atom. The van der Waals surface area contributed by atoms with Crippen LogP contribution in [0.25, 0.3) is 0 Å². The fourth-order valence-corrected chi connectivity index (χ4v) is 7.46. The molecule has 4 heterocycles. The van der Waals surface area contributed by atoms with Crippen LogP contribution in [0, 0.1) is 13.8 Å². The predicted molar refractivity (Wildman–Crippen MR) is 249 cm³/mol. The maximum absolute atomic E-state index is 12.3. The first-order valence-corrected chi connectivity index (χ1v) is 22.6. The van der Waals surface area contributed by atoms with Gasteiger partial charge in [-0.1, -0.05) is 37.1 Å². The van der Waals surface area contributed by atoms with E-state index < -0.39 is 12.5 Å². The van der Waals surface area contributed by atoms with Crippen molar-refractivity contribution in [3.63, 3.8) is 0 Å². The molecule has 0 radical (unpaired) electrons. The molecule has 2 atom stereocenters. The molecule has 2 saturated heterocycles. The second kappa shape index (κ2) is 25.2. The Kier molecular flexibility index (Phi) is 18.7. The number of hydrogen-bond donors (Lipinski definition) is 4. The van der Waals surface area contributed by atoms with Crippen molar-refractivity contribution < 1.29 is 28.5 Å². The predicted octanol–water partition coefficient (Wildman–Crippen LogP) is 4.88. The number of urea groups is 2. The summed E-state index contributed by atoms with van der Waals surface area (Å²) < 4.78 is 22.8. The minimum absolute atomic E-state index is 0.275. The molecule has 346 valence electrons. The highest BCUT2D eigenvalue weighted by Crippen LogP contribution is 2.22. The van der Waals surface area contributed by atoms with Crippen LogP contribution in [0.4, 0.5) is 32.6 Å². The number of piperazine rings is 2. The van der Waals surface area contributed by atoms with Crippen LogP contribution in [-0.2, 0) is 9.47 Å². The summed E-state index contributed by atoms with van der Waals surface area (Å²) in [6.07, 6.45) is 2.49. The van der Waals surface area contributed by atoms with Gasteiger partial charge in [0.2, 0.25) is 11.8 Å². The number of anilines is 4. The number of benzene rings is 2.